The van der Waals surface area contributed by atoms with Crippen molar-refractivity contribution in [3.05, 3.63) is 29.8 Å². The summed E-state index contributed by atoms with van der Waals surface area (Å²) in [5.74, 6) is 1.51. The SMILES string of the molecule is COc1ccc(C(Br)C2OCCC2C)cc1. The van der Waals surface area contributed by atoms with E-state index in [2.05, 4.69) is 35.0 Å². The van der Waals surface area contributed by atoms with E-state index in [1.807, 2.05) is 12.1 Å². The molecule has 3 unspecified atom stereocenters. The smallest absolute Gasteiger partial charge is 0.118 e. The summed E-state index contributed by atoms with van der Waals surface area (Å²) in [5, 5.41) is 0. The molecule has 0 aliphatic carbocycles. The second kappa shape index (κ2) is 5.19. The molecule has 0 spiro atoms. The average Bonchev–Trinajstić information content (AvgIpc) is 2.75. The van der Waals surface area contributed by atoms with E-state index in [0.29, 0.717) is 5.92 Å². The Morgan fingerprint density at radius 2 is 2.06 bits per heavy atom. The minimum absolute atomic E-state index is 0.274. The number of ether oxygens (including phenoxy) is 2. The number of rotatable bonds is 3. The Morgan fingerprint density at radius 1 is 1.38 bits per heavy atom. The third-order valence-electron chi connectivity index (χ3n) is 3.17. The monoisotopic (exact) mass is 284 g/mol. The molecule has 0 saturated carbocycles. The molecule has 1 aliphatic rings. The summed E-state index contributed by atoms with van der Waals surface area (Å²) in [6, 6.07) is 8.16. The zero-order chi connectivity index (χ0) is 11.5. The van der Waals surface area contributed by atoms with E-state index in [-0.39, 0.29) is 10.9 Å². The van der Waals surface area contributed by atoms with E-state index in [9.17, 15) is 0 Å². The van der Waals surface area contributed by atoms with Crippen LogP contribution in [0, 0.1) is 5.92 Å². The summed E-state index contributed by atoms with van der Waals surface area (Å²) in [6.45, 7) is 3.12. The standard InChI is InChI=1S/C13H17BrO2/c1-9-7-8-16-13(9)12(14)10-3-5-11(15-2)6-4-10/h3-6,9,12-13H,7-8H2,1-2H3. The van der Waals surface area contributed by atoms with Gasteiger partial charge in [0.2, 0.25) is 0 Å². The lowest BCUT2D eigenvalue weighted by molar-refractivity contribution is 0.0935. The first-order valence-electron chi connectivity index (χ1n) is 5.62. The summed E-state index contributed by atoms with van der Waals surface area (Å²) in [6.07, 6.45) is 1.44. The fourth-order valence-corrected chi connectivity index (χ4v) is 3.05. The van der Waals surface area contributed by atoms with Gasteiger partial charge in [-0.05, 0) is 30.0 Å². The first-order valence-corrected chi connectivity index (χ1v) is 6.53. The van der Waals surface area contributed by atoms with Crippen LogP contribution in [0.3, 0.4) is 0 Å². The molecular weight excluding hydrogens is 268 g/mol. The van der Waals surface area contributed by atoms with Gasteiger partial charge in [0.25, 0.3) is 0 Å². The van der Waals surface area contributed by atoms with Crippen molar-refractivity contribution in [3.8, 4) is 5.75 Å². The average molecular weight is 285 g/mol. The molecule has 1 aromatic carbocycles. The van der Waals surface area contributed by atoms with Gasteiger partial charge < -0.3 is 9.47 Å². The van der Waals surface area contributed by atoms with Gasteiger partial charge in [0.15, 0.2) is 0 Å². The Morgan fingerprint density at radius 3 is 2.56 bits per heavy atom. The predicted octanol–water partition coefficient (Wildman–Crippen LogP) is 3.56. The topological polar surface area (TPSA) is 18.5 Å². The molecule has 0 aromatic heterocycles. The van der Waals surface area contributed by atoms with E-state index in [1.165, 1.54) is 5.56 Å². The van der Waals surface area contributed by atoms with Crippen molar-refractivity contribution < 1.29 is 9.47 Å². The van der Waals surface area contributed by atoms with Gasteiger partial charge in [0.05, 0.1) is 18.0 Å². The van der Waals surface area contributed by atoms with E-state index in [4.69, 9.17) is 9.47 Å². The molecule has 1 fully saturated rings. The molecule has 0 radical (unpaired) electrons. The van der Waals surface area contributed by atoms with Crippen LogP contribution in [0.2, 0.25) is 0 Å². The van der Waals surface area contributed by atoms with Crippen molar-refractivity contribution in [2.75, 3.05) is 13.7 Å². The van der Waals surface area contributed by atoms with E-state index >= 15 is 0 Å². The molecule has 1 aromatic rings. The molecule has 3 atom stereocenters. The minimum Gasteiger partial charge on any atom is -0.497 e. The normalized spacial score (nSPS) is 26.7. The van der Waals surface area contributed by atoms with Gasteiger partial charge in [-0.1, -0.05) is 35.0 Å². The molecule has 88 valence electrons. The largest absolute Gasteiger partial charge is 0.497 e. The number of hydrogen-bond acceptors (Lipinski definition) is 2. The van der Waals surface area contributed by atoms with Crippen molar-refractivity contribution in [1.82, 2.24) is 0 Å². The van der Waals surface area contributed by atoms with Crippen LogP contribution < -0.4 is 4.74 Å². The number of hydrogen-bond donors (Lipinski definition) is 0. The number of alkyl halides is 1. The minimum atomic E-state index is 0.274. The molecule has 3 heteroatoms. The van der Waals surface area contributed by atoms with Crippen LogP contribution in [-0.4, -0.2) is 19.8 Å². The van der Waals surface area contributed by atoms with E-state index in [1.54, 1.807) is 7.11 Å². The van der Waals surface area contributed by atoms with Crippen LogP contribution in [0.4, 0.5) is 0 Å². The first-order chi connectivity index (χ1) is 7.72. The maximum absolute atomic E-state index is 5.76. The summed E-state index contributed by atoms with van der Waals surface area (Å²) in [5.41, 5.74) is 1.25. The predicted molar refractivity (Wildman–Crippen MR) is 68.2 cm³/mol. The van der Waals surface area contributed by atoms with Gasteiger partial charge in [0, 0.05) is 6.61 Å². The number of halogens is 1. The van der Waals surface area contributed by atoms with Crippen molar-refractivity contribution >= 4 is 15.9 Å². The lowest BCUT2D eigenvalue weighted by Gasteiger charge is -2.21. The Labute approximate surface area is 105 Å². The van der Waals surface area contributed by atoms with Crippen molar-refractivity contribution in [3.63, 3.8) is 0 Å². The Hall–Kier alpha value is -0.540. The summed E-state index contributed by atoms with van der Waals surface area (Å²) in [7, 11) is 1.68. The first kappa shape index (κ1) is 11.9. The highest BCUT2D eigenvalue weighted by atomic mass is 79.9. The van der Waals surface area contributed by atoms with Crippen molar-refractivity contribution in [1.29, 1.82) is 0 Å². The van der Waals surface area contributed by atoms with Gasteiger partial charge in [-0.25, -0.2) is 0 Å². The molecule has 2 rings (SSSR count). The molecule has 1 aliphatic heterocycles. The second-order valence-electron chi connectivity index (χ2n) is 4.28. The van der Waals surface area contributed by atoms with Gasteiger partial charge in [-0.3, -0.25) is 0 Å². The van der Waals surface area contributed by atoms with Crippen LogP contribution in [0.15, 0.2) is 24.3 Å². The molecule has 1 heterocycles. The zero-order valence-electron chi connectivity index (χ0n) is 9.65. The fourth-order valence-electron chi connectivity index (χ4n) is 2.07. The van der Waals surface area contributed by atoms with Gasteiger partial charge >= 0.3 is 0 Å². The van der Waals surface area contributed by atoms with Crippen LogP contribution in [0.25, 0.3) is 0 Å². The maximum atomic E-state index is 5.76. The lowest BCUT2D eigenvalue weighted by Crippen LogP contribution is -2.19. The molecular formula is C13H17BrO2. The van der Waals surface area contributed by atoms with Gasteiger partial charge in [-0.15, -0.1) is 0 Å². The highest BCUT2D eigenvalue weighted by Gasteiger charge is 2.31. The molecule has 0 bridgehead atoms. The second-order valence-corrected chi connectivity index (χ2v) is 5.26. The number of benzene rings is 1. The third-order valence-corrected chi connectivity index (χ3v) is 4.22. The Bertz CT molecular complexity index is 336. The Kier molecular flexibility index (Phi) is 3.87. The van der Waals surface area contributed by atoms with Gasteiger partial charge in [0.1, 0.15) is 5.75 Å². The van der Waals surface area contributed by atoms with E-state index < -0.39 is 0 Å². The number of methoxy groups -OCH3 is 1. The lowest BCUT2D eigenvalue weighted by atomic mass is 9.97. The molecule has 1 saturated heterocycles. The van der Waals surface area contributed by atoms with Gasteiger partial charge in [-0.2, -0.15) is 0 Å². The van der Waals surface area contributed by atoms with E-state index in [0.717, 1.165) is 18.8 Å². The van der Waals surface area contributed by atoms with Crippen LogP contribution in [0.1, 0.15) is 23.7 Å². The highest BCUT2D eigenvalue weighted by molar-refractivity contribution is 9.09. The van der Waals surface area contributed by atoms with Crippen LogP contribution >= 0.6 is 15.9 Å². The fraction of sp³-hybridized carbons (Fsp3) is 0.538. The summed E-state index contributed by atoms with van der Waals surface area (Å²) >= 11 is 3.73. The molecule has 0 N–H and O–H groups in total. The van der Waals surface area contributed by atoms with Crippen LogP contribution in [0.5, 0.6) is 5.75 Å². The quantitative estimate of drug-likeness (QED) is 0.791. The summed E-state index contributed by atoms with van der Waals surface area (Å²) < 4.78 is 10.9. The Balaban J connectivity index is 2.10. The highest BCUT2D eigenvalue weighted by Crippen LogP contribution is 2.37. The molecule has 2 nitrogen and oxygen atoms in total. The maximum Gasteiger partial charge on any atom is 0.118 e. The molecule has 0 amide bonds. The molecule has 16 heavy (non-hydrogen) atoms. The zero-order valence-corrected chi connectivity index (χ0v) is 11.2. The van der Waals surface area contributed by atoms with Crippen molar-refractivity contribution in [2.24, 2.45) is 5.92 Å². The van der Waals surface area contributed by atoms with Crippen LogP contribution in [-0.2, 0) is 4.74 Å². The summed E-state index contributed by atoms with van der Waals surface area (Å²) in [4.78, 5) is 0.274. The van der Waals surface area contributed by atoms with Crippen molar-refractivity contribution in [2.45, 2.75) is 24.3 Å². The third kappa shape index (κ3) is 2.41.